The number of carbonyl (C=O) groups is 3. The van der Waals surface area contributed by atoms with Crippen LogP contribution in [0.3, 0.4) is 0 Å². The standard InChI is InChI=1S/C44H39F4N7O6/c1-43(27-60-32-14-9-28(25-49)10-15-32,42(59)51-31-13-12-30(26-50)36(24-31)44(46,47)48)61-21-5-4-8-39(56)54-17-19-55(20-18-54)41(58)35-22-29(11-16-37(35)45)23-38-33-6-2-3-7-34(33)40(57)53-52-38/h2-3,6-7,9-16,22,24H,4-5,8,17-21,23,27H2,1H3,(H,51,59)(H,53,57)/t43-/m0/s1. The van der Waals surface area contributed by atoms with Gasteiger partial charge in [0.15, 0.2) is 5.60 Å². The Kier molecular flexibility index (Phi) is 13.4. The lowest BCUT2D eigenvalue weighted by molar-refractivity contribution is -0.144. The van der Waals surface area contributed by atoms with Crippen LogP contribution >= 0.6 is 0 Å². The highest BCUT2D eigenvalue weighted by molar-refractivity contribution is 5.97. The van der Waals surface area contributed by atoms with E-state index in [0.717, 1.165) is 6.07 Å². The third-order valence-electron chi connectivity index (χ3n) is 10.2. The number of aromatic amines is 1. The Labute approximate surface area is 347 Å². The van der Waals surface area contributed by atoms with Crippen molar-refractivity contribution in [2.24, 2.45) is 0 Å². The lowest BCUT2D eigenvalue weighted by Gasteiger charge is -2.35. The number of ether oxygens (including phenoxy) is 2. The fourth-order valence-electron chi connectivity index (χ4n) is 6.75. The van der Waals surface area contributed by atoms with E-state index < -0.39 is 40.5 Å². The quantitative estimate of drug-likeness (QED) is 0.0950. The Balaban J connectivity index is 1.01. The smallest absolute Gasteiger partial charge is 0.417 e. The number of aromatic nitrogens is 2. The van der Waals surface area contributed by atoms with Crippen molar-refractivity contribution in [1.29, 1.82) is 10.5 Å². The molecule has 1 saturated heterocycles. The molecule has 4 aromatic carbocycles. The van der Waals surface area contributed by atoms with E-state index in [-0.39, 0.29) is 75.0 Å². The number of hydrogen-bond acceptors (Lipinski definition) is 9. The van der Waals surface area contributed by atoms with E-state index in [0.29, 0.717) is 52.3 Å². The first-order valence-electron chi connectivity index (χ1n) is 19.2. The first kappa shape index (κ1) is 43.5. The third kappa shape index (κ3) is 10.6. The summed E-state index contributed by atoms with van der Waals surface area (Å²) in [5.74, 6) is -1.90. The fourth-order valence-corrected chi connectivity index (χ4v) is 6.75. The molecule has 5 aromatic rings. The number of unbranched alkanes of at least 4 members (excludes halogenated alkanes) is 1. The van der Waals surface area contributed by atoms with Crippen molar-refractivity contribution < 1.29 is 41.4 Å². The van der Waals surface area contributed by atoms with Crippen molar-refractivity contribution in [2.45, 2.75) is 44.4 Å². The van der Waals surface area contributed by atoms with Gasteiger partial charge in [0.1, 0.15) is 18.2 Å². The Hall–Kier alpha value is -7.11. The molecule has 0 spiro atoms. The number of H-pyrrole nitrogens is 1. The van der Waals surface area contributed by atoms with Crippen LogP contribution in [0.25, 0.3) is 10.8 Å². The van der Waals surface area contributed by atoms with E-state index in [1.807, 2.05) is 6.07 Å². The van der Waals surface area contributed by atoms with Crippen molar-refractivity contribution >= 4 is 34.2 Å². The van der Waals surface area contributed by atoms with E-state index in [9.17, 15) is 36.7 Å². The van der Waals surface area contributed by atoms with Crippen LogP contribution in [-0.4, -0.2) is 82.7 Å². The highest BCUT2D eigenvalue weighted by atomic mass is 19.4. The maximum absolute atomic E-state index is 15.0. The Morgan fingerprint density at radius 2 is 1.59 bits per heavy atom. The number of piperazine rings is 1. The molecule has 61 heavy (non-hydrogen) atoms. The van der Waals surface area contributed by atoms with Crippen molar-refractivity contribution in [2.75, 3.05) is 44.7 Å². The Morgan fingerprint density at radius 3 is 2.28 bits per heavy atom. The maximum atomic E-state index is 15.0. The molecule has 1 aliphatic rings. The molecule has 0 aliphatic carbocycles. The molecular formula is C44H39F4N7O6. The van der Waals surface area contributed by atoms with Crippen LogP contribution in [0.15, 0.2) is 89.7 Å². The Morgan fingerprint density at radius 1 is 0.885 bits per heavy atom. The number of benzene rings is 4. The van der Waals surface area contributed by atoms with Crippen LogP contribution in [0.5, 0.6) is 5.75 Å². The number of alkyl halides is 3. The Bertz CT molecular complexity index is 2580. The summed E-state index contributed by atoms with van der Waals surface area (Å²) in [6, 6.07) is 23.6. The molecule has 1 atom stereocenters. The molecule has 1 aliphatic heterocycles. The van der Waals surface area contributed by atoms with Crippen molar-refractivity contribution in [1.82, 2.24) is 20.0 Å². The highest BCUT2D eigenvalue weighted by Crippen LogP contribution is 2.34. The summed E-state index contributed by atoms with van der Waals surface area (Å²) in [4.78, 5) is 55.5. The van der Waals surface area contributed by atoms with Crippen LogP contribution in [0.2, 0.25) is 0 Å². The molecule has 3 amide bonds. The lowest BCUT2D eigenvalue weighted by atomic mass is 10.0. The van der Waals surface area contributed by atoms with Gasteiger partial charge in [0, 0.05) is 56.7 Å². The second kappa shape index (κ2) is 18.9. The van der Waals surface area contributed by atoms with E-state index in [1.165, 1.54) is 60.4 Å². The van der Waals surface area contributed by atoms with E-state index in [4.69, 9.17) is 20.0 Å². The van der Waals surface area contributed by atoms with Gasteiger partial charge >= 0.3 is 6.18 Å². The van der Waals surface area contributed by atoms with E-state index in [1.54, 1.807) is 35.2 Å². The maximum Gasteiger partial charge on any atom is 0.417 e. The minimum Gasteiger partial charge on any atom is -0.490 e. The van der Waals surface area contributed by atoms with Crippen LogP contribution in [0, 0.1) is 28.5 Å². The SMILES string of the molecule is C[C@@](COc1ccc(C#N)cc1)(OCCCCC(=O)N1CCN(C(=O)c2cc(Cc3n[nH]c(=O)c4ccccc34)ccc2F)CC1)C(=O)Nc1ccc(C#N)c(C(F)(F)F)c1. The molecule has 1 aromatic heterocycles. The summed E-state index contributed by atoms with van der Waals surface area (Å²) < 4.78 is 67.6. The molecule has 2 heterocycles. The summed E-state index contributed by atoms with van der Waals surface area (Å²) in [7, 11) is 0. The van der Waals surface area contributed by atoms with Gasteiger partial charge in [-0.25, -0.2) is 9.49 Å². The molecule has 0 saturated carbocycles. The zero-order valence-corrected chi connectivity index (χ0v) is 32.9. The monoisotopic (exact) mass is 837 g/mol. The molecule has 0 radical (unpaired) electrons. The van der Waals surface area contributed by atoms with Crippen LogP contribution in [0.1, 0.15) is 64.5 Å². The molecular weight excluding hydrogens is 799 g/mol. The van der Waals surface area contributed by atoms with Crippen LogP contribution in [-0.2, 0) is 26.9 Å². The number of nitriles is 2. The number of fused-ring (bicyclic) bond motifs is 1. The molecule has 0 bridgehead atoms. The van der Waals surface area contributed by atoms with Gasteiger partial charge in [-0.15, -0.1) is 0 Å². The molecule has 2 N–H and O–H groups in total. The molecule has 17 heteroatoms. The average Bonchev–Trinajstić information content (AvgIpc) is 3.26. The van der Waals surface area contributed by atoms with Crippen LogP contribution in [0.4, 0.5) is 23.2 Å². The predicted molar refractivity (Wildman–Crippen MR) is 214 cm³/mol. The number of amides is 3. The predicted octanol–water partition coefficient (Wildman–Crippen LogP) is 6.36. The molecule has 314 valence electrons. The third-order valence-corrected chi connectivity index (χ3v) is 10.2. The second-order valence-electron chi connectivity index (χ2n) is 14.5. The summed E-state index contributed by atoms with van der Waals surface area (Å²) in [6.07, 6.45) is -3.80. The number of halogens is 4. The van der Waals surface area contributed by atoms with Gasteiger partial charge in [-0.3, -0.25) is 19.2 Å². The van der Waals surface area contributed by atoms with Gasteiger partial charge in [0.25, 0.3) is 17.4 Å². The molecule has 13 nitrogen and oxygen atoms in total. The minimum absolute atomic E-state index is 0.0312. The van der Waals surface area contributed by atoms with Gasteiger partial charge in [0.05, 0.1) is 45.5 Å². The number of anilines is 1. The van der Waals surface area contributed by atoms with Gasteiger partial charge in [-0.05, 0) is 86.0 Å². The van der Waals surface area contributed by atoms with Gasteiger partial charge < -0.3 is 24.6 Å². The normalized spacial score (nSPS) is 13.8. The zero-order valence-electron chi connectivity index (χ0n) is 32.9. The van der Waals surface area contributed by atoms with Crippen molar-refractivity contribution in [3.05, 3.63) is 135 Å². The van der Waals surface area contributed by atoms with Crippen LogP contribution < -0.4 is 15.6 Å². The summed E-state index contributed by atoms with van der Waals surface area (Å²) >= 11 is 0. The van der Waals surface area contributed by atoms with Crippen molar-refractivity contribution in [3.8, 4) is 17.9 Å². The molecule has 0 unspecified atom stereocenters. The summed E-state index contributed by atoms with van der Waals surface area (Å²) in [6.45, 7) is 1.82. The van der Waals surface area contributed by atoms with Gasteiger partial charge in [0.2, 0.25) is 5.91 Å². The topological polar surface area (TPSA) is 182 Å². The molecule has 1 fully saturated rings. The zero-order chi connectivity index (χ0) is 43.7. The number of carbonyl (C=O) groups excluding carboxylic acids is 3. The number of rotatable bonds is 14. The number of nitrogens with one attached hydrogen (secondary N) is 2. The first-order valence-corrected chi connectivity index (χ1v) is 19.2. The molecule has 6 rings (SSSR count). The van der Waals surface area contributed by atoms with Crippen molar-refractivity contribution in [3.63, 3.8) is 0 Å². The van der Waals surface area contributed by atoms with E-state index >= 15 is 0 Å². The highest BCUT2D eigenvalue weighted by Gasteiger charge is 2.38. The van der Waals surface area contributed by atoms with E-state index in [2.05, 4.69) is 15.5 Å². The van der Waals surface area contributed by atoms with Gasteiger partial charge in [-0.2, -0.15) is 28.8 Å². The average molecular weight is 838 g/mol. The second-order valence-corrected chi connectivity index (χ2v) is 14.5. The van der Waals surface area contributed by atoms with Gasteiger partial charge in [-0.1, -0.05) is 24.3 Å². The number of nitrogens with zero attached hydrogens (tertiary/aromatic N) is 5. The summed E-state index contributed by atoms with van der Waals surface area (Å²) in [5.41, 5.74) is -2.66. The summed E-state index contributed by atoms with van der Waals surface area (Å²) in [5, 5.41) is 28.4. The minimum atomic E-state index is -4.85. The lowest BCUT2D eigenvalue weighted by Crippen LogP contribution is -2.50. The largest absolute Gasteiger partial charge is 0.490 e. The number of hydrogen-bond donors (Lipinski definition) is 2. The fraction of sp³-hybridized carbons (Fsp3) is 0.295. The first-order chi connectivity index (χ1) is 29.2.